The van der Waals surface area contributed by atoms with E-state index in [-0.39, 0.29) is 11.3 Å². The van der Waals surface area contributed by atoms with Crippen LogP contribution in [-0.2, 0) is 11.3 Å². The summed E-state index contributed by atoms with van der Waals surface area (Å²) >= 11 is 1.70. The molecule has 1 aliphatic rings. The first kappa shape index (κ1) is 13.6. The summed E-state index contributed by atoms with van der Waals surface area (Å²) in [6.07, 6.45) is 2.24. The van der Waals surface area contributed by atoms with Crippen molar-refractivity contribution in [3.05, 3.63) is 22.4 Å². The fourth-order valence-corrected chi connectivity index (χ4v) is 2.60. The van der Waals surface area contributed by atoms with Crippen molar-refractivity contribution in [3.8, 4) is 0 Å². The first-order valence-corrected chi connectivity index (χ1v) is 7.36. The molecule has 1 aromatic rings. The number of hydrogen-bond acceptors (Lipinski definition) is 3. The monoisotopic (exact) mass is 266 g/mol. The van der Waals surface area contributed by atoms with E-state index in [1.165, 1.54) is 4.88 Å². The number of nitrogens with two attached hydrogens (primary N) is 1. The number of nitrogens with zero attached hydrogens (tertiary/aromatic N) is 1. The maximum absolute atomic E-state index is 12.5. The quantitative estimate of drug-likeness (QED) is 0.910. The number of carbonyl (C=O) groups excluding carboxylic acids is 1. The molecular weight excluding hydrogens is 244 g/mol. The van der Waals surface area contributed by atoms with Crippen LogP contribution in [0.1, 0.15) is 38.5 Å². The topological polar surface area (TPSA) is 46.3 Å². The van der Waals surface area contributed by atoms with Gasteiger partial charge < -0.3 is 10.6 Å². The fourth-order valence-electron chi connectivity index (χ4n) is 1.89. The molecule has 1 aliphatic carbocycles. The number of hydrogen-bond donors (Lipinski definition) is 1. The third-order valence-electron chi connectivity index (χ3n) is 3.38. The third kappa shape index (κ3) is 3.12. The van der Waals surface area contributed by atoms with Crippen molar-refractivity contribution in [2.75, 3.05) is 0 Å². The minimum absolute atomic E-state index is 0.0957. The molecule has 3 nitrogen and oxygen atoms in total. The molecule has 0 radical (unpaired) electrons. The number of rotatable bonds is 4. The van der Waals surface area contributed by atoms with E-state index in [1.54, 1.807) is 11.3 Å². The lowest BCUT2D eigenvalue weighted by Crippen LogP contribution is -2.50. The van der Waals surface area contributed by atoms with Crippen LogP contribution in [0.3, 0.4) is 0 Å². The van der Waals surface area contributed by atoms with Gasteiger partial charge in [0.15, 0.2) is 0 Å². The average molecular weight is 266 g/mol. The van der Waals surface area contributed by atoms with Gasteiger partial charge in [0.1, 0.15) is 0 Å². The van der Waals surface area contributed by atoms with Crippen molar-refractivity contribution in [1.29, 1.82) is 0 Å². The zero-order valence-corrected chi connectivity index (χ0v) is 12.2. The van der Waals surface area contributed by atoms with Crippen LogP contribution in [0, 0.1) is 5.41 Å². The van der Waals surface area contributed by atoms with Crippen LogP contribution < -0.4 is 5.73 Å². The summed E-state index contributed by atoms with van der Waals surface area (Å²) in [5.41, 5.74) is 5.92. The largest absolute Gasteiger partial charge is 0.333 e. The summed E-state index contributed by atoms with van der Waals surface area (Å²) in [5.74, 6) is 0.0957. The molecule has 0 bridgehead atoms. The lowest BCUT2D eigenvalue weighted by molar-refractivity contribution is -0.136. The smallest absolute Gasteiger partial charge is 0.240 e. The molecule has 1 atom stereocenters. The third-order valence-corrected chi connectivity index (χ3v) is 4.24. The van der Waals surface area contributed by atoms with E-state index in [1.807, 2.05) is 31.7 Å². The highest BCUT2D eigenvalue weighted by atomic mass is 32.1. The van der Waals surface area contributed by atoms with Gasteiger partial charge >= 0.3 is 0 Å². The molecule has 1 amide bonds. The minimum Gasteiger partial charge on any atom is -0.333 e. The lowest BCUT2D eigenvalue weighted by Gasteiger charge is -2.32. The Hall–Kier alpha value is -0.870. The lowest BCUT2D eigenvalue weighted by atomic mass is 9.86. The zero-order chi connectivity index (χ0) is 13.3. The molecule has 0 spiro atoms. The predicted octanol–water partition coefficient (Wildman–Crippen LogP) is 2.61. The summed E-state index contributed by atoms with van der Waals surface area (Å²) in [5, 5.41) is 2.05. The second kappa shape index (κ2) is 5.02. The second-order valence-corrected chi connectivity index (χ2v) is 7.15. The summed E-state index contributed by atoms with van der Waals surface area (Å²) in [6, 6.07) is 4.10. The van der Waals surface area contributed by atoms with Gasteiger partial charge in [-0.15, -0.1) is 11.3 Å². The van der Waals surface area contributed by atoms with E-state index in [4.69, 9.17) is 5.73 Å². The van der Waals surface area contributed by atoms with Crippen LogP contribution in [0.25, 0.3) is 0 Å². The van der Waals surface area contributed by atoms with E-state index < -0.39 is 6.04 Å². The normalized spacial score (nSPS) is 17.6. The molecule has 4 heteroatoms. The molecule has 2 rings (SSSR count). The Labute approximate surface area is 113 Å². The van der Waals surface area contributed by atoms with Crippen LogP contribution in [0.5, 0.6) is 0 Å². The summed E-state index contributed by atoms with van der Waals surface area (Å²) < 4.78 is 0. The first-order chi connectivity index (χ1) is 8.39. The van der Waals surface area contributed by atoms with E-state index in [9.17, 15) is 4.79 Å². The highest BCUT2D eigenvalue weighted by Gasteiger charge is 2.38. The minimum atomic E-state index is -0.418. The maximum atomic E-state index is 12.5. The van der Waals surface area contributed by atoms with Gasteiger partial charge in [-0.3, -0.25) is 4.79 Å². The SMILES string of the molecule is CC(C)(C)C(N)C(=O)N(Cc1cccs1)C1CC1. The number of amides is 1. The van der Waals surface area contributed by atoms with Crippen LogP contribution in [0.15, 0.2) is 17.5 Å². The van der Waals surface area contributed by atoms with Crippen LogP contribution in [0.4, 0.5) is 0 Å². The van der Waals surface area contributed by atoms with Crippen molar-refractivity contribution < 1.29 is 4.79 Å². The van der Waals surface area contributed by atoms with Crippen molar-refractivity contribution in [2.24, 2.45) is 11.1 Å². The highest BCUT2D eigenvalue weighted by molar-refractivity contribution is 7.09. The van der Waals surface area contributed by atoms with E-state index in [2.05, 4.69) is 11.4 Å². The second-order valence-electron chi connectivity index (χ2n) is 6.12. The van der Waals surface area contributed by atoms with Gasteiger partial charge in [0.2, 0.25) is 5.91 Å². The van der Waals surface area contributed by atoms with Crippen molar-refractivity contribution >= 4 is 17.2 Å². The van der Waals surface area contributed by atoms with E-state index in [0.29, 0.717) is 12.6 Å². The Morgan fingerprint density at radius 1 is 1.56 bits per heavy atom. The van der Waals surface area contributed by atoms with Crippen molar-refractivity contribution in [3.63, 3.8) is 0 Å². The standard InChI is InChI=1S/C14H22N2OS/c1-14(2,3)12(15)13(17)16(10-6-7-10)9-11-5-4-8-18-11/h4-5,8,10,12H,6-7,9,15H2,1-3H3. The van der Waals surface area contributed by atoms with E-state index in [0.717, 1.165) is 12.8 Å². The van der Waals surface area contributed by atoms with Gasteiger partial charge in [0, 0.05) is 10.9 Å². The van der Waals surface area contributed by atoms with Crippen molar-refractivity contribution in [2.45, 2.75) is 52.2 Å². The molecule has 0 aromatic carbocycles. The molecule has 2 N–H and O–H groups in total. The van der Waals surface area contributed by atoms with Gasteiger partial charge in [0.05, 0.1) is 12.6 Å². The Morgan fingerprint density at radius 2 is 2.22 bits per heavy atom. The molecule has 1 fully saturated rings. The van der Waals surface area contributed by atoms with Gasteiger partial charge in [0.25, 0.3) is 0 Å². The number of thiophene rings is 1. The molecule has 18 heavy (non-hydrogen) atoms. The zero-order valence-electron chi connectivity index (χ0n) is 11.3. The van der Waals surface area contributed by atoms with E-state index >= 15 is 0 Å². The van der Waals surface area contributed by atoms with Crippen LogP contribution in [-0.4, -0.2) is 22.9 Å². The summed E-state index contributed by atoms with van der Waals surface area (Å²) in [6.45, 7) is 6.77. The molecule has 1 saturated carbocycles. The maximum Gasteiger partial charge on any atom is 0.240 e. The van der Waals surface area contributed by atoms with Gasteiger partial charge in [-0.05, 0) is 29.7 Å². The molecule has 1 heterocycles. The molecule has 1 unspecified atom stereocenters. The molecule has 0 aliphatic heterocycles. The molecule has 1 aromatic heterocycles. The first-order valence-electron chi connectivity index (χ1n) is 6.48. The predicted molar refractivity (Wildman–Crippen MR) is 75.3 cm³/mol. The molecule has 100 valence electrons. The Morgan fingerprint density at radius 3 is 2.67 bits per heavy atom. The van der Waals surface area contributed by atoms with Gasteiger partial charge in [-0.2, -0.15) is 0 Å². The van der Waals surface area contributed by atoms with Crippen LogP contribution in [0.2, 0.25) is 0 Å². The molecule has 0 saturated heterocycles. The summed E-state index contributed by atoms with van der Waals surface area (Å²) in [4.78, 5) is 15.7. The van der Waals surface area contributed by atoms with Crippen molar-refractivity contribution in [1.82, 2.24) is 4.90 Å². The van der Waals surface area contributed by atoms with Gasteiger partial charge in [-0.25, -0.2) is 0 Å². The Balaban J connectivity index is 2.08. The Bertz CT molecular complexity index is 404. The fraction of sp³-hybridized carbons (Fsp3) is 0.643. The highest BCUT2D eigenvalue weighted by Crippen LogP contribution is 2.31. The molecular formula is C14H22N2OS. The number of carbonyl (C=O) groups is 1. The summed E-state index contributed by atoms with van der Waals surface area (Å²) in [7, 11) is 0. The Kier molecular flexibility index (Phi) is 3.78. The van der Waals surface area contributed by atoms with Crippen LogP contribution >= 0.6 is 11.3 Å². The van der Waals surface area contributed by atoms with Gasteiger partial charge in [-0.1, -0.05) is 26.8 Å². The average Bonchev–Trinajstić information content (AvgIpc) is 3.00.